The van der Waals surface area contributed by atoms with Crippen LogP contribution in [0.2, 0.25) is 5.02 Å². The summed E-state index contributed by atoms with van der Waals surface area (Å²) in [6.45, 7) is 3.86. The van der Waals surface area contributed by atoms with Crippen molar-refractivity contribution in [3.8, 4) is 0 Å². The van der Waals surface area contributed by atoms with Crippen LogP contribution in [0.3, 0.4) is 0 Å². The molecule has 1 aromatic rings. The summed E-state index contributed by atoms with van der Waals surface area (Å²) in [7, 11) is 0. The van der Waals surface area contributed by atoms with Crippen LogP contribution in [0.15, 0.2) is 24.3 Å². The Kier molecular flexibility index (Phi) is 4.49. The number of urea groups is 1. The number of halogens is 1. The molecule has 20 heavy (non-hydrogen) atoms. The summed E-state index contributed by atoms with van der Waals surface area (Å²) in [4.78, 5) is 23.8. The molecule has 3 atom stereocenters. The van der Waals surface area contributed by atoms with E-state index in [4.69, 9.17) is 16.3 Å². The number of rotatable bonds is 3. The van der Waals surface area contributed by atoms with Gasteiger partial charge >= 0.3 is 12.0 Å². The first-order valence-corrected chi connectivity index (χ1v) is 6.90. The molecule has 3 unspecified atom stereocenters. The highest BCUT2D eigenvalue weighted by atomic mass is 35.5. The van der Waals surface area contributed by atoms with Crippen molar-refractivity contribution in [2.75, 3.05) is 6.61 Å². The molecule has 0 aromatic heterocycles. The second kappa shape index (κ2) is 6.13. The van der Waals surface area contributed by atoms with Crippen LogP contribution in [0, 0.1) is 5.92 Å². The standard InChI is InChI=1S/C14H17ClN2O3/c1-3-20-13(18)11-8(2)16-14(19)17-12(11)9-4-6-10(15)7-5-9/h4-8,11-12H,3H2,1-2H3,(H2,16,17,19). The summed E-state index contributed by atoms with van der Waals surface area (Å²) in [6.07, 6.45) is 0. The predicted octanol–water partition coefficient (Wildman–Crippen LogP) is 2.26. The molecule has 2 rings (SSSR count). The molecule has 1 heterocycles. The average molecular weight is 297 g/mol. The number of carbonyl (C=O) groups is 2. The largest absolute Gasteiger partial charge is 0.466 e. The molecule has 1 aliphatic rings. The SMILES string of the molecule is CCOC(=O)C1C(C)NC(=O)NC1c1ccc(Cl)cc1. The van der Waals surface area contributed by atoms with Gasteiger partial charge in [-0.15, -0.1) is 0 Å². The van der Waals surface area contributed by atoms with Gasteiger partial charge in [-0.2, -0.15) is 0 Å². The van der Waals surface area contributed by atoms with Gasteiger partial charge in [-0.25, -0.2) is 4.79 Å². The van der Waals surface area contributed by atoms with Crippen LogP contribution in [0.4, 0.5) is 4.79 Å². The monoisotopic (exact) mass is 296 g/mol. The van der Waals surface area contributed by atoms with Gasteiger partial charge in [0.15, 0.2) is 0 Å². The number of carbonyl (C=O) groups excluding carboxylic acids is 2. The van der Waals surface area contributed by atoms with Crippen LogP contribution in [0.5, 0.6) is 0 Å². The first-order chi connectivity index (χ1) is 9.52. The fraction of sp³-hybridized carbons (Fsp3) is 0.429. The lowest BCUT2D eigenvalue weighted by molar-refractivity contribution is -0.150. The molecule has 6 heteroatoms. The van der Waals surface area contributed by atoms with Crippen molar-refractivity contribution >= 4 is 23.6 Å². The topological polar surface area (TPSA) is 67.4 Å². The Morgan fingerprint density at radius 3 is 2.55 bits per heavy atom. The van der Waals surface area contributed by atoms with Gasteiger partial charge in [-0.1, -0.05) is 23.7 Å². The van der Waals surface area contributed by atoms with E-state index in [0.717, 1.165) is 5.56 Å². The average Bonchev–Trinajstić information content (AvgIpc) is 2.38. The van der Waals surface area contributed by atoms with E-state index in [1.807, 2.05) is 0 Å². The smallest absolute Gasteiger partial charge is 0.315 e. The van der Waals surface area contributed by atoms with E-state index in [9.17, 15) is 9.59 Å². The zero-order valence-corrected chi connectivity index (χ0v) is 12.1. The molecule has 0 radical (unpaired) electrons. The lowest BCUT2D eigenvalue weighted by atomic mass is 9.86. The molecule has 1 aliphatic heterocycles. The van der Waals surface area contributed by atoms with E-state index in [1.54, 1.807) is 38.1 Å². The number of amides is 2. The molecule has 0 saturated carbocycles. The second-order valence-corrected chi connectivity index (χ2v) is 5.15. The fourth-order valence-electron chi connectivity index (χ4n) is 2.40. The maximum absolute atomic E-state index is 12.1. The number of esters is 1. The summed E-state index contributed by atoms with van der Waals surface area (Å²) in [5.74, 6) is -0.804. The zero-order valence-electron chi connectivity index (χ0n) is 11.4. The van der Waals surface area contributed by atoms with Gasteiger partial charge in [-0.3, -0.25) is 4.79 Å². The Morgan fingerprint density at radius 1 is 1.30 bits per heavy atom. The van der Waals surface area contributed by atoms with Crippen LogP contribution in [0.1, 0.15) is 25.5 Å². The normalized spacial score (nSPS) is 25.6. The third-order valence-corrected chi connectivity index (χ3v) is 3.58. The first kappa shape index (κ1) is 14.7. The van der Waals surface area contributed by atoms with Gasteiger partial charge < -0.3 is 15.4 Å². The molecule has 0 bridgehead atoms. The molecule has 1 saturated heterocycles. The maximum atomic E-state index is 12.1. The third-order valence-electron chi connectivity index (χ3n) is 3.33. The Balaban J connectivity index is 2.31. The Labute approximate surface area is 122 Å². The number of benzene rings is 1. The Hall–Kier alpha value is -1.75. The predicted molar refractivity (Wildman–Crippen MR) is 75.4 cm³/mol. The highest BCUT2D eigenvalue weighted by Crippen LogP contribution is 2.29. The highest BCUT2D eigenvalue weighted by Gasteiger charge is 2.40. The molecule has 108 valence electrons. The van der Waals surface area contributed by atoms with Crippen molar-refractivity contribution in [3.63, 3.8) is 0 Å². The lowest BCUT2D eigenvalue weighted by Crippen LogP contribution is -2.57. The fourth-order valence-corrected chi connectivity index (χ4v) is 2.52. The minimum Gasteiger partial charge on any atom is -0.466 e. The molecule has 5 nitrogen and oxygen atoms in total. The third kappa shape index (κ3) is 3.04. The van der Waals surface area contributed by atoms with Crippen LogP contribution in [-0.4, -0.2) is 24.6 Å². The molecule has 0 aliphatic carbocycles. The molecule has 2 amide bonds. The Bertz CT molecular complexity index is 504. The molecule has 1 fully saturated rings. The Morgan fingerprint density at radius 2 is 1.95 bits per heavy atom. The van der Waals surface area contributed by atoms with Crippen molar-refractivity contribution in [1.29, 1.82) is 0 Å². The van der Waals surface area contributed by atoms with E-state index in [1.165, 1.54) is 0 Å². The second-order valence-electron chi connectivity index (χ2n) is 4.71. The van der Waals surface area contributed by atoms with Gasteiger partial charge in [0.2, 0.25) is 0 Å². The lowest BCUT2D eigenvalue weighted by Gasteiger charge is -2.36. The first-order valence-electron chi connectivity index (χ1n) is 6.52. The van der Waals surface area contributed by atoms with Crippen LogP contribution < -0.4 is 10.6 Å². The van der Waals surface area contributed by atoms with Crippen molar-refractivity contribution in [2.45, 2.75) is 25.9 Å². The van der Waals surface area contributed by atoms with Gasteiger partial charge in [0.25, 0.3) is 0 Å². The minimum absolute atomic E-state index is 0.294. The summed E-state index contributed by atoms with van der Waals surface area (Å²) >= 11 is 5.87. The van der Waals surface area contributed by atoms with Crippen LogP contribution in [-0.2, 0) is 9.53 Å². The quantitative estimate of drug-likeness (QED) is 0.841. The molecular formula is C14H17ClN2O3. The number of ether oxygens (including phenoxy) is 1. The molecule has 1 aromatic carbocycles. The highest BCUT2D eigenvalue weighted by molar-refractivity contribution is 6.30. The van der Waals surface area contributed by atoms with E-state index in [0.29, 0.717) is 11.6 Å². The maximum Gasteiger partial charge on any atom is 0.315 e. The van der Waals surface area contributed by atoms with Crippen molar-refractivity contribution in [1.82, 2.24) is 10.6 Å². The van der Waals surface area contributed by atoms with E-state index in [-0.39, 0.29) is 18.0 Å². The van der Waals surface area contributed by atoms with Gasteiger partial charge in [0.05, 0.1) is 12.6 Å². The van der Waals surface area contributed by atoms with Gasteiger partial charge in [0.1, 0.15) is 5.92 Å². The van der Waals surface area contributed by atoms with Crippen molar-refractivity contribution < 1.29 is 14.3 Å². The van der Waals surface area contributed by atoms with Gasteiger partial charge in [-0.05, 0) is 31.5 Å². The van der Waals surface area contributed by atoms with Crippen molar-refractivity contribution in [2.24, 2.45) is 5.92 Å². The van der Waals surface area contributed by atoms with Crippen LogP contribution >= 0.6 is 11.6 Å². The minimum atomic E-state index is -0.478. The van der Waals surface area contributed by atoms with Crippen molar-refractivity contribution in [3.05, 3.63) is 34.9 Å². The molecule has 0 spiro atoms. The number of hydrogen-bond donors (Lipinski definition) is 2. The van der Waals surface area contributed by atoms with Gasteiger partial charge in [0, 0.05) is 11.1 Å². The number of nitrogens with one attached hydrogen (secondary N) is 2. The molecule has 2 N–H and O–H groups in total. The van der Waals surface area contributed by atoms with Crippen LogP contribution in [0.25, 0.3) is 0 Å². The van der Waals surface area contributed by atoms with E-state index >= 15 is 0 Å². The zero-order chi connectivity index (χ0) is 14.7. The summed E-state index contributed by atoms with van der Waals surface area (Å²) < 4.78 is 5.11. The summed E-state index contributed by atoms with van der Waals surface area (Å²) in [5, 5.41) is 6.09. The molecular weight excluding hydrogens is 280 g/mol. The summed E-state index contributed by atoms with van der Waals surface area (Å²) in [5.41, 5.74) is 0.828. The van der Waals surface area contributed by atoms with E-state index < -0.39 is 12.0 Å². The number of hydrogen-bond acceptors (Lipinski definition) is 3. The summed E-state index contributed by atoms with van der Waals surface area (Å²) in [6, 6.07) is 6.06. The van der Waals surface area contributed by atoms with E-state index in [2.05, 4.69) is 10.6 Å².